The van der Waals surface area contributed by atoms with Gasteiger partial charge in [-0.2, -0.15) is 0 Å². The Kier molecular flexibility index (Phi) is 7.03. The van der Waals surface area contributed by atoms with Gasteiger partial charge in [0.15, 0.2) is 5.13 Å². The standard InChI is InChI=1S/C24H30N4O3S/c1-15-13-19(16(2)28(15)17-7-9-18(31-6)10-8-17)20-14-32-23(26-20)27-21(29)11-12-25-22(30)24(3,4)5/h7-10,13-14H,11-12H2,1-6H3,(H,25,30)(H,26,27,29). The molecule has 170 valence electrons. The molecule has 2 heterocycles. The Hall–Kier alpha value is -3.13. The van der Waals surface area contributed by atoms with Crippen LogP contribution in [0.2, 0.25) is 0 Å². The first-order valence-corrected chi connectivity index (χ1v) is 11.4. The maximum absolute atomic E-state index is 12.2. The van der Waals surface area contributed by atoms with Gasteiger partial charge in [-0.05, 0) is 44.2 Å². The summed E-state index contributed by atoms with van der Waals surface area (Å²) in [5, 5.41) is 8.09. The molecule has 0 unspecified atom stereocenters. The van der Waals surface area contributed by atoms with Crippen molar-refractivity contribution in [3.05, 3.63) is 47.1 Å². The van der Waals surface area contributed by atoms with E-state index >= 15 is 0 Å². The van der Waals surface area contributed by atoms with Gasteiger partial charge in [0.2, 0.25) is 11.8 Å². The molecule has 0 radical (unpaired) electrons. The number of thiazole rings is 1. The maximum Gasteiger partial charge on any atom is 0.227 e. The van der Waals surface area contributed by atoms with Gasteiger partial charge in [0.1, 0.15) is 5.75 Å². The highest BCUT2D eigenvalue weighted by molar-refractivity contribution is 7.14. The first-order chi connectivity index (χ1) is 15.1. The van der Waals surface area contributed by atoms with Gasteiger partial charge >= 0.3 is 0 Å². The van der Waals surface area contributed by atoms with E-state index in [9.17, 15) is 9.59 Å². The summed E-state index contributed by atoms with van der Waals surface area (Å²) in [5.74, 6) is 0.562. The van der Waals surface area contributed by atoms with Crippen LogP contribution >= 0.6 is 11.3 Å². The highest BCUT2D eigenvalue weighted by atomic mass is 32.1. The van der Waals surface area contributed by atoms with Gasteiger partial charge in [-0.3, -0.25) is 9.59 Å². The molecule has 0 bridgehead atoms. The number of nitrogens with zero attached hydrogens (tertiary/aromatic N) is 2. The van der Waals surface area contributed by atoms with Crippen LogP contribution in [0, 0.1) is 19.3 Å². The van der Waals surface area contributed by atoms with Crippen molar-refractivity contribution in [2.45, 2.75) is 41.0 Å². The molecule has 2 N–H and O–H groups in total. The fourth-order valence-electron chi connectivity index (χ4n) is 3.34. The molecular formula is C24H30N4O3S. The predicted molar refractivity (Wildman–Crippen MR) is 129 cm³/mol. The SMILES string of the molecule is COc1ccc(-n2c(C)cc(-c3csc(NC(=O)CCNC(=O)C(C)(C)C)n3)c2C)cc1. The number of hydrogen-bond donors (Lipinski definition) is 2. The van der Waals surface area contributed by atoms with Crippen molar-refractivity contribution in [1.29, 1.82) is 0 Å². The number of hydrogen-bond acceptors (Lipinski definition) is 5. The van der Waals surface area contributed by atoms with Crippen molar-refractivity contribution in [1.82, 2.24) is 14.9 Å². The van der Waals surface area contributed by atoms with Crippen LogP contribution in [0.5, 0.6) is 5.75 Å². The lowest BCUT2D eigenvalue weighted by Crippen LogP contribution is -2.36. The van der Waals surface area contributed by atoms with Crippen LogP contribution in [0.15, 0.2) is 35.7 Å². The average Bonchev–Trinajstić information content (AvgIpc) is 3.31. The number of ether oxygens (including phenoxy) is 1. The second-order valence-corrected chi connectivity index (χ2v) is 9.52. The highest BCUT2D eigenvalue weighted by Crippen LogP contribution is 2.32. The van der Waals surface area contributed by atoms with Crippen LogP contribution in [-0.4, -0.2) is 35.0 Å². The second kappa shape index (κ2) is 9.56. The van der Waals surface area contributed by atoms with Gasteiger partial charge in [-0.1, -0.05) is 20.8 Å². The molecule has 2 amide bonds. The molecule has 0 atom stereocenters. The number of carbonyl (C=O) groups is 2. The second-order valence-electron chi connectivity index (χ2n) is 8.66. The number of carbonyl (C=O) groups excluding carboxylic acids is 2. The van der Waals surface area contributed by atoms with E-state index < -0.39 is 5.41 Å². The molecule has 3 rings (SSSR count). The molecule has 0 spiro atoms. The molecule has 32 heavy (non-hydrogen) atoms. The van der Waals surface area contributed by atoms with Gasteiger partial charge in [0.05, 0.1) is 12.8 Å². The Morgan fingerprint density at radius 1 is 1.16 bits per heavy atom. The number of amides is 2. The molecule has 0 aliphatic heterocycles. The lowest BCUT2D eigenvalue weighted by atomic mass is 9.96. The molecule has 0 fully saturated rings. The van der Waals surface area contributed by atoms with Crippen LogP contribution in [0.25, 0.3) is 16.9 Å². The Balaban J connectivity index is 1.68. The number of nitrogens with one attached hydrogen (secondary N) is 2. The summed E-state index contributed by atoms with van der Waals surface area (Å²) >= 11 is 1.39. The first-order valence-electron chi connectivity index (χ1n) is 10.5. The monoisotopic (exact) mass is 454 g/mol. The minimum Gasteiger partial charge on any atom is -0.497 e. The topological polar surface area (TPSA) is 85.2 Å². The Morgan fingerprint density at radius 2 is 1.84 bits per heavy atom. The summed E-state index contributed by atoms with van der Waals surface area (Å²) in [5.41, 5.74) is 4.58. The van der Waals surface area contributed by atoms with Gasteiger partial charge in [0, 0.05) is 46.4 Å². The molecule has 8 heteroatoms. The summed E-state index contributed by atoms with van der Waals surface area (Å²) in [4.78, 5) is 28.7. The smallest absolute Gasteiger partial charge is 0.227 e. The fourth-order valence-corrected chi connectivity index (χ4v) is 4.07. The zero-order chi connectivity index (χ0) is 23.5. The van der Waals surface area contributed by atoms with Crippen LogP contribution in [0.1, 0.15) is 38.6 Å². The third-order valence-corrected chi connectivity index (χ3v) is 5.86. The van der Waals surface area contributed by atoms with Crippen molar-refractivity contribution >= 4 is 28.3 Å². The third kappa shape index (κ3) is 5.37. The molecule has 0 aliphatic carbocycles. The van der Waals surface area contributed by atoms with E-state index in [0.29, 0.717) is 11.7 Å². The number of benzene rings is 1. The number of methoxy groups -OCH3 is 1. The highest BCUT2D eigenvalue weighted by Gasteiger charge is 2.21. The Bertz CT molecular complexity index is 1110. The van der Waals surface area contributed by atoms with Crippen molar-refractivity contribution in [3.63, 3.8) is 0 Å². The summed E-state index contributed by atoms with van der Waals surface area (Å²) in [6.07, 6.45) is 0.197. The van der Waals surface area contributed by atoms with E-state index in [4.69, 9.17) is 4.74 Å². The largest absolute Gasteiger partial charge is 0.497 e. The molecule has 0 aliphatic rings. The lowest BCUT2D eigenvalue weighted by Gasteiger charge is -2.17. The maximum atomic E-state index is 12.2. The number of aryl methyl sites for hydroxylation is 1. The predicted octanol–water partition coefficient (Wildman–Crippen LogP) is 4.72. The molecule has 1 aromatic carbocycles. The van der Waals surface area contributed by atoms with E-state index in [-0.39, 0.29) is 18.2 Å². The quantitative estimate of drug-likeness (QED) is 0.541. The minimum atomic E-state index is -0.473. The summed E-state index contributed by atoms with van der Waals surface area (Å²) < 4.78 is 7.42. The Labute approximate surface area is 192 Å². The van der Waals surface area contributed by atoms with E-state index in [1.807, 2.05) is 50.4 Å². The average molecular weight is 455 g/mol. The minimum absolute atomic E-state index is 0.0750. The number of aromatic nitrogens is 2. The Morgan fingerprint density at radius 3 is 2.47 bits per heavy atom. The van der Waals surface area contributed by atoms with Gasteiger partial charge in [0.25, 0.3) is 0 Å². The number of anilines is 1. The van der Waals surface area contributed by atoms with Crippen LogP contribution < -0.4 is 15.4 Å². The van der Waals surface area contributed by atoms with Crippen molar-refractivity contribution in [2.24, 2.45) is 5.41 Å². The lowest BCUT2D eigenvalue weighted by molar-refractivity contribution is -0.128. The van der Waals surface area contributed by atoms with Crippen LogP contribution in [0.4, 0.5) is 5.13 Å². The molecule has 0 saturated heterocycles. The van der Waals surface area contributed by atoms with Gasteiger partial charge < -0.3 is 19.9 Å². The first kappa shape index (κ1) is 23.5. The van der Waals surface area contributed by atoms with E-state index in [1.54, 1.807) is 7.11 Å². The van der Waals surface area contributed by atoms with Crippen molar-refractivity contribution in [2.75, 3.05) is 19.0 Å². The fraction of sp³-hybridized carbons (Fsp3) is 0.375. The van der Waals surface area contributed by atoms with E-state index in [2.05, 4.69) is 40.1 Å². The summed E-state index contributed by atoms with van der Waals surface area (Å²) in [6.45, 7) is 9.92. The zero-order valence-electron chi connectivity index (χ0n) is 19.4. The van der Waals surface area contributed by atoms with Crippen LogP contribution in [-0.2, 0) is 9.59 Å². The van der Waals surface area contributed by atoms with E-state index in [0.717, 1.165) is 34.1 Å². The van der Waals surface area contributed by atoms with Gasteiger partial charge in [-0.15, -0.1) is 11.3 Å². The molecule has 2 aromatic heterocycles. The normalized spacial score (nSPS) is 11.3. The molecule has 3 aromatic rings. The zero-order valence-corrected chi connectivity index (χ0v) is 20.2. The summed E-state index contributed by atoms with van der Waals surface area (Å²) in [7, 11) is 1.65. The molecule has 7 nitrogen and oxygen atoms in total. The van der Waals surface area contributed by atoms with Crippen molar-refractivity contribution < 1.29 is 14.3 Å². The number of rotatable bonds is 7. The molecule has 0 saturated carbocycles. The van der Waals surface area contributed by atoms with Crippen molar-refractivity contribution in [3.8, 4) is 22.7 Å². The third-order valence-electron chi connectivity index (χ3n) is 5.11. The molecular weight excluding hydrogens is 424 g/mol. The van der Waals surface area contributed by atoms with E-state index in [1.165, 1.54) is 11.3 Å². The summed E-state index contributed by atoms with van der Waals surface area (Å²) in [6, 6.07) is 10.0. The van der Waals surface area contributed by atoms with Gasteiger partial charge in [-0.25, -0.2) is 4.98 Å². The van der Waals surface area contributed by atoms with Crippen LogP contribution in [0.3, 0.4) is 0 Å².